The summed E-state index contributed by atoms with van der Waals surface area (Å²) in [5.41, 5.74) is 17.3. The van der Waals surface area contributed by atoms with Gasteiger partial charge in [-0.3, -0.25) is 0 Å². The van der Waals surface area contributed by atoms with Gasteiger partial charge in [-0.05, 0) is 166 Å². The minimum Gasteiger partial charge on any atom is -0.311 e. The number of fused-ring (bicyclic) bond motifs is 4. The molecule has 77 heavy (non-hydrogen) atoms. The molecule has 3 nitrogen and oxygen atoms in total. The summed E-state index contributed by atoms with van der Waals surface area (Å²) in [5, 5.41) is 4.83. The molecular formula is C72H49N3S2. The van der Waals surface area contributed by atoms with Gasteiger partial charge in [0.25, 0.3) is 0 Å². The molecule has 0 aliphatic carbocycles. The van der Waals surface area contributed by atoms with Gasteiger partial charge in [0.05, 0.1) is 16.7 Å². The summed E-state index contributed by atoms with van der Waals surface area (Å²) < 4.78 is 2.45. The molecule has 0 saturated heterocycles. The fourth-order valence-electron chi connectivity index (χ4n) is 10.9. The third-order valence-electron chi connectivity index (χ3n) is 14.6. The molecule has 0 aliphatic rings. The summed E-state index contributed by atoms with van der Waals surface area (Å²) in [5.74, 6) is 0. The highest BCUT2D eigenvalue weighted by Gasteiger charge is 2.20. The highest BCUT2D eigenvalue weighted by molar-refractivity contribution is 7.19. The van der Waals surface area contributed by atoms with Gasteiger partial charge in [0, 0.05) is 69.8 Å². The molecule has 3 aromatic heterocycles. The van der Waals surface area contributed by atoms with Gasteiger partial charge in [0.2, 0.25) is 0 Å². The Morgan fingerprint density at radius 1 is 0.247 bits per heavy atom. The fraction of sp³-hybridized carbons (Fsp3) is 0. The first-order valence-electron chi connectivity index (χ1n) is 26.1. The molecule has 11 aromatic carbocycles. The second kappa shape index (κ2) is 20.0. The molecule has 0 spiro atoms. The summed E-state index contributed by atoms with van der Waals surface area (Å²) in [6.07, 6.45) is 0. The van der Waals surface area contributed by atoms with Gasteiger partial charge in [0.15, 0.2) is 0 Å². The molecule has 0 bridgehead atoms. The predicted octanol–water partition coefficient (Wildman–Crippen LogP) is 21.3. The minimum absolute atomic E-state index is 1.07. The number of nitrogens with zero attached hydrogens (tertiary/aromatic N) is 3. The van der Waals surface area contributed by atoms with Gasteiger partial charge < -0.3 is 14.4 Å². The van der Waals surface area contributed by atoms with E-state index in [-0.39, 0.29) is 0 Å². The van der Waals surface area contributed by atoms with Crippen LogP contribution in [0.3, 0.4) is 0 Å². The number of hydrogen-bond acceptors (Lipinski definition) is 4. The van der Waals surface area contributed by atoms with Gasteiger partial charge in [-0.15, -0.1) is 22.7 Å². The van der Waals surface area contributed by atoms with Crippen LogP contribution in [0.25, 0.3) is 91.2 Å². The zero-order valence-electron chi connectivity index (χ0n) is 41.9. The molecule has 0 radical (unpaired) electrons. The Kier molecular flexibility index (Phi) is 11.9. The van der Waals surface area contributed by atoms with E-state index in [9.17, 15) is 0 Å². The maximum atomic E-state index is 2.45. The zero-order valence-corrected chi connectivity index (χ0v) is 43.6. The Bertz CT molecular complexity index is 4320. The van der Waals surface area contributed by atoms with E-state index < -0.39 is 0 Å². The third kappa shape index (κ3) is 8.77. The quantitative estimate of drug-likeness (QED) is 0.121. The summed E-state index contributed by atoms with van der Waals surface area (Å²) in [6, 6.07) is 108. The average molecular weight is 1020 g/mol. The molecule has 14 aromatic rings. The van der Waals surface area contributed by atoms with Crippen molar-refractivity contribution in [1.29, 1.82) is 0 Å². The van der Waals surface area contributed by atoms with Crippen LogP contribution < -0.4 is 9.80 Å². The van der Waals surface area contributed by atoms with E-state index in [1.807, 2.05) is 22.7 Å². The molecule has 0 unspecified atom stereocenters. The molecule has 0 saturated carbocycles. The lowest BCUT2D eigenvalue weighted by atomic mass is 10.0. The van der Waals surface area contributed by atoms with E-state index in [0.717, 1.165) is 45.4 Å². The molecule has 0 atom stereocenters. The van der Waals surface area contributed by atoms with Gasteiger partial charge in [0.1, 0.15) is 0 Å². The Morgan fingerprint density at radius 2 is 0.649 bits per heavy atom. The van der Waals surface area contributed by atoms with Crippen molar-refractivity contribution in [3.05, 3.63) is 297 Å². The second-order valence-corrected chi connectivity index (χ2v) is 21.5. The summed E-state index contributed by atoms with van der Waals surface area (Å²) in [7, 11) is 0. The molecule has 3 heterocycles. The molecule has 0 fully saturated rings. The van der Waals surface area contributed by atoms with Gasteiger partial charge in [-0.1, -0.05) is 170 Å². The average Bonchev–Trinajstić information content (AvgIpc) is 4.36. The van der Waals surface area contributed by atoms with Crippen molar-refractivity contribution in [3.8, 4) is 58.6 Å². The van der Waals surface area contributed by atoms with Crippen LogP contribution in [0.15, 0.2) is 297 Å². The van der Waals surface area contributed by atoms with Crippen molar-refractivity contribution in [3.63, 3.8) is 0 Å². The number of hydrogen-bond donors (Lipinski definition) is 0. The summed E-state index contributed by atoms with van der Waals surface area (Å²) in [4.78, 5) is 9.74. The number of benzene rings is 11. The van der Waals surface area contributed by atoms with Crippen molar-refractivity contribution in [2.24, 2.45) is 0 Å². The standard InChI is InChI=1S/C72H49N3S2/c1-5-18-52(19-6-1)69-43-45-71(76-69)55-23-15-28-62(47-55)75-67-41-33-54(48-64(67)65-49-56(34-42-68(65)75)72-46-44-70(77-72)53-20-7-2-8-21-53)50-31-35-60(36-32-50)74(66-30-16-22-51-17-13-14-29-63(51)66)61-39-37-59(38-40-61)73(57-24-9-3-10-25-57)58-26-11-4-12-27-58/h1-49H. The van der Waals surface area contributed by atoms with Crippen LogP contribution >= 0.6 is 22.7 Å². The first kappa shape index (κ1) is 46.0. The van der Waals surface area contributed by atoms with E-state index >= 15 is 0 Å². The fourth-order valence-corrected chi connectivity index (χ4v) is 12.9. The molecule has 364 valence electrons. The number of rotatable bonds is 12. The van der Waals surface area contributed by atoms with Gasteiger partial charge >= 0.3 is 0 Å². The van der Waals surface area contributed by atoms with Crippen molar-refractivity contribution in [1.82, 2.24) is 4.57 Å². The lowest BCUT2D eigenvalue weighted by Crippen LogP contribution is -2.12. The topological polar surface area (TPSA) is 11.4 Å². The third-order valence-corrected chi connectivity index (χ3v) is 17.0. The van der Waals surface area contributed by atoms with Crippen molar-refractivity contribution >= 4 is 89.4 Å². The number of thiophene rings is 2. The first-order valence-corrected chi connectivity index (χ1v) is 27.7. The Morgan fingerprint density at radius 3 is 1.23 bits per heavy atom. The van der Waals surface area contributed by atoms with Gasteiger partial charge in [-0.2, -0.15) is 0 Å². The molecule has 5 heteroatoms. The smallest absolute Gasteiger partial charge is 0.0541 e. The normalized spacial score (nSPS) is 11.4. The van der Waals surface area contributed by atoms with Crippen LogP contribution in [-0.4, -0.2) is 4.57 Å². The highest BCUT2D eigenvalue weighted by Crippen LogP contribution is 2.45. The van der Waals surface area contributed by atoms with E-state index in [1.54, 1.807) is 0 Å². The van der Waals surface area contributed by atoms with Gasteiger partial charge in [-0.25, -0.2) is 0 Å². The van der Waals surface area contributed by atoms with E-state index in [4.69, 9.17) is 0 Å². The van der Waals surface area contributed by atoms with E-state index in [2.05, 4.69) is 312 Å². The molecular weight excluding hydrogens is 971 g/mol. The molecule has 0 aliphatic heterocycles. The largest absolute Gasteiger partial charge is 0.311 e. The zero-order chi connectivity index (χ0) is 51.1. The van der Waals surface area contributed by atoms with Crippen LogP contribution in [0.4, 0.5) is 34.1 Å². The van der Waals surface area contributed by atoms with Crippen LogP contribution in [-0.2, 0) is 0 Å². The number of aromatic nitrogens is 1. The van der Waals surface area contributed by atoms with Crippen molar-refractivity contribution < 1.29 is 0 Å². The molecule has 0 N–H and O–H groups in total. The van der Waals surface area contributed by atoms with Crippen LogP contribution in [0.5, 0.6) is 0 Å². The lowest BCUT2D eigenvalue weighted by molar-refractivity contribution is 1.18. The lowest BCUT2D eigenvalue weighted by Gasteiger charge is -2.29. The van der Waals surface area contributed by atoms with Crippen molar-refractivity contribution in [2.75, 3.05) is 9.80 Å². The second-order valence-electron chi connectivity index (χ2n) is 19.3. The SMILES string of the molecule is c1ccc(-c2ccc(-c3cccc(-n4c5ccc(-c6ccc(N(c7ccc(N(c8ccccc8)c8ccccc8)cc7)c7cccc8ccccc78)cc6)cc5c5cc(-c6ccc(-c7ccccc7)s6)ccc54)c3)s2)cc1. The van der Waals surface area contributed by atoms with Crippen molar-refractivity contribution in [2.45, 2.75) is 0 Å². The van der Waals surface area contributed by atoms with Crippen LogP contribution in [0, 0.1) is 0 Å². The summed E-state index contributed by atoms with van der Waals surface area (Å²) in [6.45, 7) is 0. The maximum Gasteiger partial charge on any atom is 0.0541 e. The van der Waals surface area contributed by atoms with E-state index in [0.29, 0.717) is 0 Å². The Balaban J connectivity index is 0.865. The highest BCUT2D eigenvalue weighted by atomic mass is 32.1. The Hall–Kier alpha value is -9.52. The number of anilines is 6. The maximum absolute atomic E-state index is 2.45. The predicted molar refractivity (Wildman–Crippen MR) is 331 cm³/mol. The summed E-state index contributed by atoms with van der Waals surface area (Å²) >= 11 is 3.68. The van der Waals surface area contributed by atoms with Crippen LogP contribution in [0.2, 0.25) is 0 Å². The number of para-hydroxylation sites is 2. The minimum atomic E-state index is 1.07. The first-order chi connectivity index (χ1) is 38.2. The monoisotopic (exact) mass is 1020 g/mol. The Labute approximate surface area is 456 Å². The molecule has 0 amide bonds. The molecule has 14 rings (SSSR count). The van der Waals surface area contributed by atoms with E-state index in [1.165, 1.54) is 79.9 Å². The van der Waals surface area contributed by atoms with Crippen LogP contribution in [0.1, 0.15) is 0 Å².